The van der Waals surface area contributed by atoms with Crippen molar-refractivity contribution in [3.63, 3.8) is 0 Å². The number of fused-ring (bicyclic) bond motifs is 2. The van der Waals surface area contributed by atoms with Gasteiger partial charge in [0.25, 0.3) is 0 Å². The summed E-state index contributed by atoms with van der Waals surface area (Å²) in [6.07, 6.45) is -0.873. The standard InChI is InChI=1S/C26H38O10/c1-17(2)31-15-19-21-22(36-26(30-4)13-9-8-12-25(26,29-3)35-21)23(24(34-19)33-16-20(27)28)32-14-18-10-6-5-7-11-18/h5-7,10-11,17,19,21-24H,8-9,12-16H2,1-4H3,(H,27,28)/t19-,21-,22+,23+,24-,25+,26+/m1/s1. The van der Waals surface area contributed by atoms with Crippen LogP contribution in [0.2, 0.25) is 0 Å². The summed E-state index contributed by atoms with van der Waals surface area (Å²) in [7, 11) is 3.17. The van der Waals surface area contributed by atoms with Crippen LogP contribution in [0, 0.1) is 0 Å². The molecule has 1 saturated carbocycles. The highest BCUT2D eigenvalue weighted by Crippen LogP contribution is 2.51. The fourth-order valence-electron chi connectivity index (χ4n) is 5.25. The molecule has 7 atom stereocenters. The van der Waals surface area contributed by atoms with Crippen LogP contribution in [0.5, 0.6) is 0 Å². The van der Waals surface area contributed by atoms with Crippen LogP contribution in [0.15, 0.2) is 30.3 Å². The highest BCUT2D eigenvalue weighted by molar-refractivity contribution is 5.68. The molecule has 4 rings (SSSR count). The normalized spacial score (nSPS) is 36.3. The molecule has 3 aliphatic rings. The van der Waals surface area contributed by atoms with Crippen molar-refractivity contribution in [2.24, 2.45) is 0 Å². The molecule has 1 aliphatic carbocycles. The van der Waals surface area contributed by atoms with Gasteiger partial charge in [-0.3, -0.25) is 0 Å². The lowest BCUT2D eigenvalue weighted by molar-refractivity contribution is -0.498. The molecule has 0 amide bonds. The molecule has 2 aliphatic heterocycles. The first-order chi connectivity index (χ1) is 17.3. The number of hydrogen-bond donors (Lipinski definition) is 1. The van der Waals surface area contributed by atoms with E-state index >= 15 is 0 Å². The van der Waals surface area contributed by atoms with E-state index in [9.17, 15) is 9.90 Å². The molecule has 0 aromatic heterocycles. The third kappa shape index (κ3) is 5.61. The topological polar surface area (TPSA) is 111 Å². The van der Waals surface area contributed by atoms with Crippen LogP contribution >= 0.6 is 0 Å². The van der Waals surface area contributed by atoms with Gasteiger partial charge < -0.3 is 43.0 Å². The van der Waals surface area contributed by atoms with Crippen molar-refractivity contribution in [3.05, 3.63) is 35.9 Å². The van der Waals surface area contributed by atoms with Crippen molar-refractivity contribution in [2.45, 2.75) is 94.5 Å². The van der Waals surface area contributed by atoms with Gasteiger partial charge in [0.2, 0.25) is 11.6 Å². The third-order valence-electron chi connectivity index (χ3n) is 7.00. The van der Waals surface area contributed by atoms with Crippen molar-refractivity contribution >= 4 is 5.97 Å². The fourth-order valence-corrected chi connectivity index (χ4v) is 5.25. The molecule has 1 aromatic carbocycles. The van der Waals surface area contributed by atoms with Gasteiger partial charge in [0, 0.05) is 27.1 Å². The molecule has 3 fully saturated rings. The van der Waals surface area contributed by atoms with Crippen LogP contribution in [0.4, 0.5) is 0 Å². The van der Waals surface area contributed by atoms with Gasteiger partial charge in [-0.2, -0.15) is 0 Å². The molecule has 0 spiro atoms. The van der Waals surface area contributed by atoms with Gasteiger partial charge in [-0.25, -0.2) is 4.79 Å². The minimum atomic E-state index is -1.16. The fraction of sp³-hybridized carbons (Fsp3) is 0.731. The second-order valence-corrected chi connectivity index (χ2v) is 9.68. The van der Waals surface area contributed by atoms with Crippen molar-refractivity contribution in [3.8, 4) is 0 Å². The lowest BCUT2D eigenvalue weighted by Gasteiger charge is -2.60. The van der Waals surface area contributed by atoms with Gasteiger partial charge in [-0.15, -0.1) is 0 Å². The van der Waals surface area contributed by atoms with E-state index in [0.29, 0.717) is 12.8 Å². The summed E-state index contributed by atoms with van der Waals surface area (Å²) in [4.78, 5) is 11.3. The van der Waals surface area contributed by atoms with Crippen molar-refractivity contribution < 1.29 is 47.8 Å². The average molecular weight is 511 g/mol. The number of carbonyl (C=O) groups is 1. The number of rotatable bonds is 11. The van der Waals surface area contributed by atoms with E-state index in [0.717, 1.165) is 18.4 Å². The average Bonchev–Trinajstić information content (AvgIpc) is 2.89. The highest BCUT2D eigenvalue weighted by Gasteiger charge is 2.67. The number of carboxylic acid groups (broad SMARTS) is 1. The number of hydrogen-bond acceptors (Lipinski definition) is 9. The quantitative estimate of drug-likeness (QED) is 0.477. The van der Waals surface area contributed by atoms with Crippen molar-refractivity contribution in [1.29, 1.82) is 0 Å². The molecule has 0 radical (unpaired) electrons. The second-order valence-electron chi connectivity index (χ2n) is 9.68. The summed E-state index contributed by atoms with van der Waals surface area (Å²) in [6, 6.07) is 9.66. The summed E-state index contributed by atoms with van der Waals surface area (Å²) >= 11 is 0. The van der Waals surface area contributed by atoms with E-state index in [-0.39, 0.29) is 19.3 Å². The van der Waals surface area contributed by atoms with E-state index in [4.69, 9.17) is 37.9 Å². The summed E-state index contributed by atoms with van der Waals surface area (Å²) in [5, 5.41) is 9.27. The summed E-state index contributed by atoms with van der Waals surface area (Å²) in [5.74, 6) is -3.40. The first kappa shape index (κ1) is 27.4. The maximum atomic E-state index is 11.3. The van der Waals surface area contributed by atoms with Gasteiger partial charge in [0.15, 0.2) is 6.29 Å². The molecule has 36 heavy (non-hydrogen) atoms. The predicted molar refractivity (Wildman–Crippen MR) is 126 cm³/mol. The van der Waals surface area contributed by atoms with Crippen molar-refractivity contribution in [1.82, 2.24) is 0 Å². The lowest BCUT2D eigenvalue weighted by Crippen LogP contribution is -2.75. The zero-order valence-electron chi connectivity index (χ0n) is 21.4. The zero-order chi connectivity index (χ0) is 25.8. The molecule has 1 N–H and O–H groups in total. The van der Waals surface area contributed by atoms with Gasteiger partial charge in [0.1, 0.15) is 31.0 Å². The summed E-state index contributed by atoms with van der Waals surface area (Å²) in [6.45, 7) is 3.74. The van der Waals surface area contributed by atoms with Crippen LogP contribution in [0.1, 0.15) is 45.1 Å². The number of carboxylic acids is 1. The third-order valence-corrected chi connectivity index (χ3v) is 7.00. The van der Waals surface area contributed by atoms with Gasteiger partial charge in [-0.05, 0) is 32.3 Å². The minimum absolute atomic E-state index is 0.0499. The Kier molecular flexibility index (Phi) is 9.00. The molecule has 10 nitrogen and oxygen atoms in total. The Labute approximate surface area is 212 Å². The van der Waals surface area contributed by atoms with Gasteiger partial charge in [0.05, 0.1) is 19.3 Å². The molecule has 1 aromatic rings. The predicted octanol–water partition coefficient (Wildman–Crippen LogP) is 2.87. The number of benzene rings is 1. The number of aliphatic carboxylic acids is 1. The highest BCUT2D eigenvalue weighted by atomic mass is 16.8. The Morgan fingerprint density at radius 3 is 2.25 bits per heavy atom. The molecule has 202 valence electrons. The second kappa shape index (κ2) is 11.8. The molecular weight excluding hydrogens is 472 g/mol. The summed E-state index contributed by atoms with van der Waals surface area (Å²) < 4.78 is 49.5. The van der Waals surface area contributed by atoms with E-state index in [2.05, 4.69) is 0 Å². The first-order valence-corrected chi connectivity index (χ1v) is 12.5. The maximum absolute atomic E-state index is 11.3. The molecule has 0 unspecified atom stereocenters. The SMILES string of the molecule is CO[C@]12CCCC[C@]1(OC)O[C@H]1[C@H](O2)[C@H](OCc2ccccc2)[C@H](OCC(=O)O)O[C@@H]1COC(C)C. The Morgan fingerprint density at radius 2 is 1.67 bits per heavy atom. The summed E-state index contributed by atoms with van der Waals surface area (Å²) in [5.41, 5.74) is 0.943. The van der Waals surface area contributed by atoms with E-state index in [1.807, 2.05) is 44.2 Å². The van der Waals surface area contributed by atoms with Crippen LogP contribution < -0.4 is 0 Å². The molecular formula is C26H38O10. The Morgan fingerprint density at radius 1 is 1.03 bits per heavy atom. The monoisotopic (exact) mass is 510 g/mol. The maximum Gasteiger partial charge on any atom is 0.329 e. The Bertz CT molecular complexity index is 850. The number of methoxy groups -OCH3 is 2. The molecule has 10 heteroatoms. The van der Waals surface area contributed by atoms with Crippen LogP contribution in [0.3, 0.4) is 0 Å². The minimum Gasteiger partial charge on any atom is -0.480 e. The van der Waals surface area contributed by atoms with E-state index in [1.54, 1.807) is 14.2 Å². The van der Waals surface area contributed by atoms with Gasteiger partial charge >= 0.3 is 5.97 Å². The number of ether oxygens (including phenoxy) is 8. The largest absolute Gasteiger partial charge is 0.480 e. The van der Waals surface area contributed by atoms with E-state index < -0.39 is 54.9 Å². The van der Waals surface area contributed by atoms with Crippen LogP contribution in [0.25, 0.3) is 0 Å². The molecule has 2 saturated heterocycles. The van der Waals surface area contributed by atoms with Crippen LogP contribution in [-0.4, -0.2) is 86.9 Å². The Hall–Kier alpha value is -1.63. The zero-order valence-corrected chi connectivity index (χ0v) is 21.4. The first-order valence-electron chi connectivity index (χ1n) is 12.5. The Balaban J connectivity index is 1.67. The van der Waals surface area contributed by atoms with Gasteiger partial charge in [-0.1, -0.05) is 30.3 Å². The smallest absolute Gasteiger partial charge is 0.329 e. The molecule has 2 heterocycles. The molecule has 0 bridgehead atoms. The van der Waals surface area contributed by atoms with E-state index in [1.165, 1.54) is 0 Å². The van der Waals surface area contributed by atoms with Crippen molar-refractivity contribution in [2.75, 3.05) is 27.4 Å². The van der Waals surface area contributed by atoms with Crippen LogP contribution in [-0.2, 0) is 49.3 Å². The lowest BCUT2D eigenvalue weighted by atomic mass is 9.83.